The van der Waals surface area contributed by atoms with Crippen LogP contribution in [0.3, 0.4) is 0 Å². The van der Waals surface area contributed by atoms with Crippen LogP contribution >= 0.6 is 11.6 Å². The van der Waals surface area contributed by atoms with E-state index in [0.29, 0.717) is 5.88 Å². The third-order valence-corrected chi connectivity index (χ3v) is 3.31. The van der Waals surface area contributed by atoms with Crippen LogP contribution in [-0.2, 0) is 0 Å². The maximum absolute atomic E-state index is 13.5. The van der Waals surface area contributed by atoms with Gasteiger partial charge in [-0.2, -0.15) is 0 Å². The smallest absolute Gasteiger partial charge is 0.126 e. The van der Waals surface area contributed by atoms with Crippen molar-refractivity contribution in [3.8, 4) is 0 Å². The van der Waals surface area contributed by atoms with Crippen LogP contribution in [0.25, 0.3) is 0 Å². The molecule has 2 heteroatoms. The highest BCUT2D eigenvalue weighted by atomic mass is 35.5. The van der Waals surface area contributed by atoms with Crippen molar-refractivity contribution in [2.75, 3.05) is 5.88 Å². The molecule has 0 aromatic heterocycles. The van der Waals surface area contributed by atoms with E-state index in [1.165, 1.54) is 25.3 Å². The lowest BCUT2D eigenvalue weighted by molar-refractivity contribution is 0.546. The second-order valence-corrected chi connectivity index (χ2v) is 4.53. The minimum atomic E-state index is -0.122. The zero-order valence-corrected chi connectivity index (χ0v) is 10.6. The van der Waals surface area contributed by atoms with Gasteiger partial charge >= 0.3 is 0 Å². The lowest BCUT2D eigenvalue weighted by atomic mass is 9.94. The van der Waals surface area contributed by atoms with Crippen molar-refractivity contribution >= 4 is 11.6 Å². The molecule has 0 aliphatic heterocycles. The van der Waals surface area contributed by atoms with Crippen LogP contribution in [0.4, 0.5) is 4.39 Å². The highest BCUT2D eigenvalue weighted by Crippen LogP contribution is 2.26. The van der Waals surface area contributed by atoms with Gasteiger partial charge in [-0.1, -0.05) is 50.8 Å². The molecule has 1 unspecified atom stereocenters. The summed E-state index contributed by atoms with van der Waals surface area (Å²) in [7, 11) is 0. The van der Waals surface area contributed by atoms with Crippen molar-refractivity contribution in [2.45, 2.75) is 44.9 Å². The van der Waals surface area contributed by atoms with Gasteiger partial charge in [-0.15, -0.1) is 11.6 Å². The first-order chi connectivity index (χ1) is 7.79. The second-order valence-electron chi connectivity index (χ2n) is 4.22. The van der Waals surface area contributed by atoms with Crippen LogP contribution in [-0.4, -0.2) is 5.88 Å². The molecule has 0 nitrogen and oxygen atoms in total. The zero-order valence-electron chi connectivity index (χ0n) is 9.89. The SMILES string of the molecule is CCCCCCC(CCl)c1ccccc1F. The van der Waals surface area contributed by atoms with E-state index in [4.69, 9.17) is 11.6 Å². The molecule has 0 saturated heterocycles. The second kappa shape index (κ2) is 7.67. The fourth-order valence-corrected chi connectivity index (χ4v) is 2.26. The molecule has 0 radical (unpaired) electrons. The Hall–Kier alpha value is -0.560. The van der Waals surface area contributed by atoms with Crippen molar-refractivity contribution < 1.29 is 4.39 Å². The Kier molecular flexibility index (Phi) is 6.47. The highest BCUT2D eigenvalue weighted by molar-refractivity contribution is 6.18. The molecule has 1 aromatic rings. The quantitative estimate of drug-likeness (QED) is 0.460. The molecule has 0 aliphatic carbocycles. The molecular formula is C14H20ClF. The number of hydrogen-bond donors (Lipinski definition) is 0. The Morgan fingerprint density at radius 2 is 1.94 bits per heavy atom. The predicted octanol–water partition coefficient (Wildman–Crippen LogP) is 5.12. The van der Waals surface area contributed by atoms with Gasteiger partial charge in [0, 0.05) is 11.8 Å². The van der Waals surface area contributed by atoms with E-state index in [2.05, 4.69) is 6.92 Å². The maximum atomic E-state index is 13.5. The average molecular weight is 243 g/mol. The van der Waals surface area contributed by atoms with Gasteiger partial charge in [-0.25, -0.2) is 4.39 Å². The Balaban J connectivity index is 2.51. The minimum Gasteiger partial charge on any atom is -0.207 e. The zero-order chi connectivity index (χ0) is 11.8. The summed E-state index contributed by atoms with van der Waals surface area (Å²) in [6, 6.07) is 6.97. The molecule has 0 heterocycles. The van der Waals surface area contributed by atoms with Crippen molar-refractivity contribution in [2.24, 2.45) is 0 Å². The number of benzene rings is 1. The monoisotopic (exact) mass is 242 g/mol. The molecule has 1 atom stereocenters. The van der Waals surface area contributed by atoms with Crippen LogP contribution in [0.2, 0.25) is 0 Å². The van der Waals surface area contributed by atoms with Crippen LogP contribution < -0.4 is 0 Å². The van der Waals surface area contributed by atoms with E-state index in [1.807, 2.05) is 12.1 Å². The number of halogens is 2. The molecule has 1 rings (SSSR count). The highest BCUT2D eigenvalue weighted by Gasteiger charge is 2.13. The van der Waals surface area contributed by atoms with E-state index in [1.54, 1.807) is 6.07 Å². The number of unbranched alkanes of at least 4 members (excludes halogenated alkanes) is 3. The summed E-state index contributed by atoms with van der Waals surface area (Å²) in [6.07, 6.45) is 5.83. The lowest BCUT2D eigenvalue weighted by Crippen LogP contribution is -2.03. The first-order valence-electron chi connectivity index (χ1n) is 6.10. The van der Waals surface area contributed by atoms with E-state index in [0.717, 1.165) is 18.4 Å². The van der Waals surface area contributed by atoms with Gasteiger partial charge in [0.15, 0.2) is 0 Å². The van der Waals surface area contributed by atoms with Crippen molar-refractivity contribution in [1.82, 2.24) is 0 Å². The molecule has 0 aliphatic rings. The summed E-state index contributed by atoms with van der Waals surface area (Å²) < 4.78 is 13.5. The van der Waals surface area contributed by atoms with E-state index in [-0.39, 0.29) is 11.7 Å². The van der Waals surface area contributed by atoms with Crippen molar-refractivity contribution in [1.29, 1.82) is 0 Å². The van der Waals surface area contributed by atoms with Gasteiger partial charge in [-0.05, 0) is 18.1 Å². The standard InChI is InChI=1S/C14H20ClF/c1-2-3-4-5-8-12(11-15)13-9-6-7-10-14(13)16/h6-7,9-10,12H,2-5,8,11H2,1H3. The van der Waals surface area contributed by atoms with Crippen molar-refractivity contribution in [3.63, 3.8) is 0 Å². The molecule has 0 N–H and O–H groups in total. The Morgan fingerprint density at radius 1 is 1.19 bits per heavy atom. The van der Waals surface area contributed by atoms with Gasteiger partial charge in [-0.3, -0.25) is 0 Å². The molecule has 0 bridgehead atoms. The van der Waals surface area contributed by atoms with E-state index in [9.17, 15) is 4.39 Å². The Labute approximate surface area is 103 Å². The molecule has 0 fully saturated rings. The van der Waals surface area contributed by atoms with Crippen LogP contribution in [0.1, 0.15) is 50.5 Å². The molecule has 0 spiro atoms. The normalized spacial score (nSPS) is 12.7. The fourth-order valence-electron chi connectivity index (χ4n) is 1.94. The summed E-state index contributed by atoms with van der Waals surface area (Å²) in [5.74, 6) is 0.552. The molecule has 90 valence electrons. The van der Waals surface area contributed by atoms with Crippen LogP contribution in [0, 0.1) is 5.82 Å². The summed E-state index contributed by atoms with van der Waals surface area (Å²) in [4.78, 5) is 0. The van der Waals surface area contributed by atoms with Gasteiger partial charge in [0.2, 0.25) is 0 Å². The average Bonchev–Trinajstić information content (AvgIpc) is 2.31. The third-order valence-electron chi connectivity index (χ3n) is 2.94. The molecule has 16 heavy (non-hydrogen) atoms. The molecular weight excluding hydrogens is 223 g/mol. The van der Waals surface area contributed by atoms with Crippen molar-refractivity contribution in [3.05, 3.63) is 35.6 Å². The van der Waals surface area contributed by atoms with Crippen LogP contribution in [0.15, 0.2) is 24.3 Å². The summed E-state index contributed by atoms with van der Waals surface area (Å²) in [6.45, 7) is 2.19. The fraction of sp³-hybridized carbons (Fsp3) is 0.571. The van der Waals surface area contributed by atoms with E-state index >= 15 is 0 Å². The van der Waals surface area contributed by atoms with Gasteiger partial charge in [0.25, 0.3) is 0 Å². The first kappa shape index (κ1) is 13.5. The topological polar surface area (TPSA) is 0 Å². The van der Waals surface area contributed by atoms with Gasteiger partial charge < -0.3 is 0 Å². The minimum absolute atomic E-state index is 0.122. The molecule has 1 aromatic carbocycles. The largest absolute Gasteiger partial charge is 0.207 e. The Morgan fingerprint density at radius 3 is 2.56 bits per heavy atom. The summed E-state index contributed by atoms with van der Waals surface area (Å²) in [5.41, 5.74) is 0.772. The number of hydrogen-bond acceptors (Lipinski definition) is 0. The van der Waals surface area contributed by atoms with Gasteiger partial charge in [0.1, 0.15) is 5.82 Å². The first-order valence-corrected chi connectivity index (χ1v) is 6.63. The summed E-state index contributed by atoms with van der Waals surface area (Å²) >= 11 is 5.92. The predicted molar refractivity (Wildman–Crippen MR) is 68.6 cm³/mol. The van der Waals surface area contributed by atoms with E-state index < -0.39 is 0 Å². The van der Waals surface area contributed by atoms with Crippen LogP contribution in [0.5, 0.6) is 0 Å². The third kappa shape index (κ3) is 4.13. The Bertz CT molecular complexity index is 299. The number of alkyl halides is 1. The number of rotatable bonds is 7. The molecule has 0 amide bonds. The lowest BCUT2D eigenvalue weighted by Gasteiger charge is -2.14. The van der Waals surface area contributed by atoms with Gasteiger partial charge in [0.05, 0.1) is 0 Å². The maximum Gasteiger partial charge on any atom is 0.126 e. The molecule has 0 saturated carbocycles. The summed E-state index contributed by atoms with van der Waals surface area (Å²) in [5, 5.41) is 0.